The fourth-order valence-corrected chi connectivity index (χ4v) is 3.62. The minimum Gasteiger partial charge on any atom is -0.481 e. The molecule has 6 heteroatoms. The van der Waals surface area contributed by atoms with Crippen LogP contribution in [-0.4, -0.2) is 65.7 Å². The van der Waals surface area contributed by atoms with Gasteiger partial charge in [0, 0.05) is 32.1 Å². The molecule has 26 heavy (non-hydrogen) atoms. The molecule has 2 amide bonds. The monoisotopic (exact) mass is 361 g/mol. The van der Waals surface area contributed by atoms with Crippen molar-refractivity contribution in [1.82, 2.24) is 15.1 Å². The molecule has 2 unspecified atom stereocenters. The van der Waals surface area contributed by atoms with Gasteiger partial charge in [0.05, 0.1) is 0 Å². The highest BCUT2D eigenvalue weighted by Gasteiger charge is 2.26. The molecule has 1 aliphatic rings. The zero-order valence-electron chi connectivity index (χ0n) is 15.9. The molecule has 2 atom stereocenters. The van der Waals surface area contributed by atoms with Crippen molar-refractivity contribution in [3.05, 3.63) is 35.9 Å². The Labute approximate surface area is 156 Å². The summed E-state index contributed by atoms with van der Waals surface area (Å²) in [5.41, 5.74) is 1.10. The highest BCUT2D eigenvalue weighted by atomic mass is 16.4. The first kappa shape index (κ1) is 20.2. The number of carboxylic acid groups (broad SMARTS) is 1. The second-order valence-corrected chi connectivity index (χ2v) is 7.07. The van der Waals surface area contributed by atoms with Gasteiger partial charge in [0.15, 0.2) is 0 Å². The summed E-state index contributed by atoms with van der Waals surface area (Å²) >= 11 is 0. The van der Waals surface area contributed by atoms with E-state index >= 15 is 0 Å². The second-order valence-electron chi connectivity index (χ2n) is 7.07. The Morgan fingerprint density at radius 1 is 1.35 bits per heavy atom. The maximum atomic E-state index is 12.6. The van der Waals surface area contributed by atoms with Crippen molar-refractivity contribution >= 4 is 12.0 Å². The van der Waals surface area contributed by atoms with Gasteiger partial charge in [0.25, 0.3) is 0 Å². The predicted molar refractivity (Wildman–Crippen MR) is 102 cm³/mol. The largest absolute Gasteiger partial charge is 0.481 e. The van der Waals surface area contributed by atoms with Crippen LogP contribution in [0, 0.1) is 0 Å². The Kier molecular flexibility index (Phi) is 7.91. The van der Waals surface area contributed by atoms with Crippen molar-refractivity contribution in [1.29, 1.82) is 0 Å². The number of carbonyl (C=O) groups is 2. The van der Waals surface area contributed by atoms with Crippen molar-refractivity contribution in [2.45, 2.75) is 51.1 Å². The predicted octanol–water partition coefficient (Wildman–Crippen LogP) is 2.59. The van der Waals surface area contributed by atoms with Gasteiger partial charge in [-0.2, -0.15) is 0 Å². The minimum absolute atomic E-state index is 0.0493. The summed E-state index contributed by atoms with van der Waals surface area (Å²) in [6, 6.07) is 9.97. The number of benzene rings is 1. The summed E-state index contributed by atoms with van der Waals surface area (Å²) in [6.45, 7) is 4.97. The van der Waals surface area contributed by atoms with Gasteiger partial charge in [-0.1, -0.05) is 37.3 Å². The van der Waals surface area contributed by atoms with Crippen LogP contribution in [-0.2, 0) is 11.2 Å². The molecule has 0 bridgehead atoms. The van der Waals surface area contributed by atoms with E-state index in [0.717, 1.165) is 25.1 Å². The zero-order chi connectivity index (χ0) is 18.9. The maximum Gasteiger partial charge on any atom is 0.317 e. The van der Waals surface area contributed by atoms with Crippen LogP contribution < -0.4 is 5.32 Å². The second kappa shape index (κ2) is 10.2. The quantitative estimate of drug-likeness (QED) is 0.709. The third-order valence-electron chi connectivity index (χ3n) is 5.10. The van der Waals surface area contributed by atoms with Crippen molar-refractivity contribution in [3.63, 3.8) is 0 Å². The van der Waals surface area contributed by atoms with Gasteiger partial charge >= 0.3 is 12.0 Å². The molecule has 1 aliphatic heterocycles. The minimum atomic E-state index is -0.838. The van der Waals surface area contributed by atoms with Crippen molar-refractivity contribution in [2.75, 3.05) is 26.7 Å². The molecule has 2 rings (SSSR count). The lowest BCUT2D eigenvalue weighted by Crippen LogP contribution is -2.48. The Morgan fingerprint density at radius 3 is 2.73 bits per heavy atom. The number of hydrogen-bond acceptors (Lipinski definition) is 3. The summed E-state index contributed by atoms with van der Waals surface area (Å²) in [4.78, 5) is 27.7. The Balaban J connectivity index is 1.92. The van der Waals surface area contributed by atoms with Gasteiger partial charge in [0.2, 0.25) is 0 Å². The molecular weight excluding hydrogens is 330 g/mol. The van der Waals surface area contributed by atoms with E-state index in [-0.39, 0.29) is 18.5 Å². The standard InChI is InChI=1S/C20H31N3O3/c1-3-23-13-7-10-18(23)15-22(2)20(26)21-17(11-12-19(24)25)14-16-8-5-4-6-9-16/h4-6,8-9,17-18H,3,7,10-15H2,1-2H3,(H,21,26)(H,24,25). The van der Waals surface area contributed by atoms with E-state index in [1.807, 2.05) is 37.4 Å². The molecule has 1 aromatic carbocycles. The molecular formula is C20H31N3O3. The number of likely N-dealkylation sites (N-methyl/N-ethyl adjacent to an activating group) is 2. The van der Waals surface area contributed by atoms with Crippen LogP contribution in [0.3, 0.4) is 0 Å². The number of amides is 2. The fourth-order valence-electron chi connectivity index (χ4n) is 3.62. The summed E-state index contributed by atoms with van der Waals surface area (Å²) < 4.78 is 0. The number of likely N-dealkylation sites (tertiary alicyclic amines) is 1. The van der Waals surface area contributed by atoms with Gasteiger partial charge in [-0.15, -0.1) is 0 Å². The van der Waals surface area contributed by atoms with Crippen LogP contribution in [0.25, 0.3) is 0 Å². The van der Waals surface area contributed by atoms with Crippen LogP contribution in [0.5, 0.6) is 0 Å². The molecule has 1 fully saturated rings. The molecule has 0 radical (unpaired) electrons. The van der Waals surface area contributed by atoms with Crippen molar-refractivity contribution in [3.8, 4) is 0 Å². The van der Waals surface area contributed by atoms with Gasteiger partial charge < -0.3 is 15.3 Å². The maximum absolute atomic E-state index is 12.6. The Morgan fingerprint density at radius 2 is 2.08 bits per heavy atom. The Bertz CT molecular complexity index is 579. The van der Waals surface area contributed by atoms with E-state index in [0.29, 0.717) is 25.4 Å². The van der Waals surface area contributed by atoms with Crippen LogP contribution in [0.2, 0.25) is 0 Å². The molecule has 1 heterocycles. The Hall–Kier alpha value is -2.08. The van der Waals surface area contributed by atoms with Crippen molar-refractivity contribution < 1.29 is 14.7 Å². The molecule has 1 aromatic rings. The topological polar surface area (TPSA) is 72.9 Å². The lowest BCUT2D eigenvalue weighted by molar-refractivity contribution is -0.137. The lowest BCUT2D eigenvalue weighted by atomic mass is 10.0. The first-order chi connectivity index (χ1) is 12.5. The van der Waals surface area contributed by atoms with Gasteiger partial charge in [-0.05, 0) is 44.3 Å². The number of carboxylic acids is 1. The van der Waals surface area contributed by atoms with E-state index in [1.54, 1.807) is 4.90 Å². The average Bonchev–Trinajstić information content (AvgIpc) is 3.07. The van der Waals surface area contributed by atoms with E-state index < -0.39 is 5.97 Å². The number of rotatable bonds is 9. The zero-order valence-corrected chi connectivity index (χ0v) is 15.9. The fraction of sp³-hybridized carbons (Fsp3) is 0.600. The highest BCUT2D eigenvalue weighted by Crippen LogP contribution is 2.17. The third-order valence-corrected chi connectivity index (χ3v) is 5.10. The highest BCUT2D eigenvalue weighted by molar-refractivity contribution is 5.74. The van der Waals surface area contributed by atoms with Crippen LogP contribution in [0.4, 0.5) is 4.79 Å². The van der Waals surface area contributed by atoms with Crippen molar-refractivity contribution in [2.24, 2.45) is 0 Å². The van der Waals surface area contributed by atoms with E-state index in [2.05, 4.69) is 17.1 Å². The van der Waals surface area contributed by atoms with Gasteiger partial charge in [-0.3, -0.25) is 9.69 Å². The first-order valence-corrected chi connectivity index (χ1v) is 9.51. The summed E-state index contributed by atoms with van der Waals surface area (Å²) in [5.74, 6) is -0.838. The number of nitrogens with one attached hydrogen (secondary N) is 1. The lowest BCUT2D eigenvalue weighted by Gasteiger charge is -2.29. The number of carbonyl (C=O) groups excluding carboxylic acids is 1. The van der Waals surface area contributed by atoms with Crippen LogP contribution in [0.15, 0.2) is 30.3 Å². The number of hydrogen-bond donors (Lipinski definition) is 2. The first-order valence-electron chi connectivity index (χ1n) is 9.51. The molecule has 6 nitrogen and oxygen atoms in total. The summed E-state index contributed by atoms with van der Waals surface area (Å²) in [7, 11) is 1.82. The molecule has 2 N–H and O–H groups in total. The molecule has 0 saturated carbocycles. The summed E-state index contributed by atoms with van der Waals surface area (Å²) in [6.07, 6.45) is 3.42. The third kappa shape index (κ3) is 6.33. The number of aliphatic carboxylic acids is 1. The summed E-state index contributed by atoms with van der Waals surface area (Å²) in [5, 5.41) is 12.0. The van der Waals surface area contributed by atoms with E-state index in [4.69, 9.17) is 5.11 Å². The smallest absolute Gasteiger partial charge is 0.317 e. The van der Waals surface area contributed by atoms with Crippen LogP contribution >= 0.6 is 0 Å². The molecule has 1 saturated heterocycles. The molecule has 0 spiro atoms. The number of urea groups is 1. The molecule has 144 valence electrons. The van der Waals surface area contributed by atoms with Crippen LogP contribution in [0.1, 0.15) is 38.2 Å². The van der Waals surface area contributed by atoms with E-state index in [9.17, 15) is 9.59 Å². The van der Waals surface area contributed by atoms with Gasteiger partial charge in [0.1, 0.15) is 0 Å². The van der Waals surface area contributed by atoms with Gasteiger partial charge in [-0.25, -0.2) is 4.79 Å². The SMILES string of the molecule is CCN1CCCC1CN(C)C(=O)NC(CCC(=O)O)Cc1ccccc1. The molecule has 0 aromatic heterocycles. The molecule has 0 aliphatic carbocycles. The number of nitrogens with zero attached hydrogens (tertiary/aromatic N) is 2. The normalized spacial score (nSPS) is 18.5. The average molecular weight is 361 g/mol. The van der Waals surface area contributed by atoms with E-state index in [1.165, 1.54) is 6.42 Å².